The Morgan fingerprint density at radius 1 is 1.32 bits per heavy atom. The smallest absolute Gasteiger partial charge is 0.230 e. The molecule has 0 radical (unpaired) electrons. The number of rotatable bonds is 6. The minimum atomic E-state index is -0.541. The van der Waals surface area contributed by atoms with Crippen LogP contribution in [0.25, 0.3) is 0 Å². The SMILES string of the molecule is Cc1ccc(C(C)(C)C(=O)NC(C)CCCO)cc1. The summed E-state index contributed by atoms with van der Waals surface area (Å²) in [6.07, 6.45) is 1.51. The molecule has 0 aliphatic carbocycles. The van der Waals surface area contributed by atoms with E-state index in [0.717, 1.165) is 12.0 Å². The van der Waals surface area contributed by atoms with E-state index in [9.17, 15) is 4.79 Å². The van der Waals surface area contributed by atoms with Gasteiger partial charge in [0.1, 0.15) is 0 Å². The minimum absolute atomic E-state index is 0.0294. The monoisotopic (exact) mass is 263 g/mol. The number of hydrogen-bond donors (Lipinski definition) is 2. The normalized spacial score (nSPS) is 13.1. The topological polar surface area (TPSA) is 49.3 Å². The summed E-state index contributed by atoms with van der Waals surface area (Å²) in [5.41, 5.74) is 1.67. The maximum Gasteiger partial charge on any atom is 0.230 e. The molecule has 0 aromatic heterocycles. The third kappa shape index (κ3) is 4.35. The summed E-state index contributed by atoms with van der Waals surface area (Å²) < 4.78 is 0. The van der Waals surface area contributed by atoms with Crippen LogP contribution in [0.5, 0.6) is 0 Å². The second-order valence-corrected chi connectivity index (χ2v) is 5.73. The van der Waals surface area contributed by atoms with Crippen molar-refractivity contribution in [2.75, 3.05) is 6.61 Å². The summed E-state index contributed by atoms with van der Waals surface area (Å²) in [4.78, 5) is 12.4. The summed E-state index contributed by atoms with van der Waals surface area (Å²) in [6, 6.07) is 8.16. The van der Waals surface area contributed by atoms with E-state index in [4.69, 9.17) is 5.11 Å². The van der Waals surface area contributed by atoms with Crippen molar-refractivity contribution >= 4 is 5.91 Å². The van der Waals surface area contributed by atoms with Crippen LogP contribution in [-0.2, 0) is 10.2 Å². The van der Waals surface area contributed by atoms with Crippen molar-refractivity contribution in [2.24, 2.45) is 0 Å². The number of aliphatic hydroxyl groups excluding tert-OH is 1. The van der Waals surface area contributed by atoms with Crippen molar-refractivity contribution in [1.82, 2.24) is 5.32 Å². The molecule has 1 amide bonds. The Balaban J connectivity index is 2.71. The van der Waals surface area contributed by atoms with Crippen LogP contribution in [-0.4, -0.2) is 23.7 Å². The first-order valence-electron chi connectivity index (χ1n) is 6.87. The Bertz CT molecular complexity index is 409. The molecule has 0 spiro atoms. The van der Waals surface area contributed by atoms with Crippen molar-refractivity contribution in [3.63, 3.8) is 0 Å². The molecule has 2 N–H and O–H groups in total. The molecule has 1 aromatic carbocycles. The predicted molar refractivity (Wildman–Crippen MR) is 78.1 cm³/mol. The van der Waals surface area contributed by atoms with E-state index in [1.807, 2.05) is 52.0 Å². The van der Waals surface area contributed by atoms with E-state index < -0.39 is 5.41 Å². The number of hydrogen-bond acceptors (Lipinski definition) is 2. The highest BCUT2D eigenvalue weighted by molar-refractivity contribution is 5.87. The fourth-order valence-electron chi connectivity index (χ4n) is 1.98. The molecule has 0 saturated carbocycles. The fraction of sp³-hybridized carbons (Fsp3) is 0.562. The van der Waals surface area contributed by atoms with Gasteiger partial charge in [0.2, 0.25) is 5.91 Å². The molecular formula is C16H25NO2. The summed E-state index contributed by atoms with van der Waals surface area (Å²) in [5, 5.41) is 11.8. The Labute approximate surface area is 116 Å². The third-order valence-electron chi connectivity index (χ3n) is 3.51. The molecule has 106 valence electrons. The molecule has 0 aliphatic heterocycles. The largest absolute Gasteiger partial charge is 0.396 e. The Hall–Kier alpha value is -1.35. The predicted octanol–water partition coefficient (Wildman–Crippen LogP) is 2.55. The van der Waals surface area contributed by atoms with Crippen LogP contribution in [0.15, 0.2) is 24.3 Å². The van der Waals surface area contributed by atoms with Crippen LogP contribution in [0.3, 0.4) is 0 Å². The lowest BCUT2D eigenvalue weighted by Crippen LogP contribution is -2.44. The first-order chi connectivity index (χ1) is 8.87. The Morgan fingerprint density at radius 3 is 2.42 bits per heavy atom. The highest BCUT2D eigenvalue weighted by atomic mass is 16.3. The molecule has 1 aromatic rings. The lowest BCUT2D eigenvalue weighted by atomic mass is 9.83. The Morgan fingerprint density at radius 2 is 1.89 bits per heavy atom. The van der Waals surface area contributed by atoms with E-state index in [1.54, 1.807) is 0 Å². The van der Waals surface area contributed by atoms with Gasteiger partial charge in [-0.3, -0.25) is 4.79 Å². The number of aliphatic hydroxyl groups is 1. The molecule has 0 fully saturated rings. The molecule has 0 bridgehead atoms. The van der Waals surface area contributed by atoms with Gasteiger partial charge in [-0.1, -0.05) is 29.8 Å². The molecule has 0 aliphatic rings. The van der Waals surface area contributed by atoms with Crippen molar-refractivity contribution in [1.29, 1.82) is 0 Å². The first-order valence-corrected chi connectivity index (χ1v) is 6.87. The number of carbonyl (C=O) groups is 1. The van der Waals surface area contributed by atoms with Crippen LogP contribution in [0.4, 0.5) is 0 Å². The lowest BCUT2D eigenvalue weighted by molar-refractivity contribution is -0.126. The van der Waals surface area contributed by atoms with Gasteiger partial charge in [-0.15, -0.1) is 0 Å². The van der Waals surface area contributed by atoms with Gasteiger partial charge in [0, 0.05) is 12.6 Å². The quantitative estimate of drug-likeness (QED) is 0.828. The van der Waals surface area contributed by atoms with Gasteiger partial charge in [0.25, 0.3) is 0 Å². The van der Waals surface area contributed by atoms with E-state index >= 15 is 0 Å². The van der Waals surface area contributed by atoms with Crippen molar-refractivity contribution < 1.29 is 9.90 Å². The van der Waals surface area contributed by atoms with Gasteiger partial charge in [-0.05, 0) is 46.1 Å². The standard InChI is InChI=1S/C16H25NO2/c1-12-7-9-14(10-8-12)16(3,4)15(19)17-13(2)6-5-11-18/h7-10,13,18H,5-6,11H2,1-4H3,(H,17,19). The molecular weight excluding hydrogens is 238 g/mol. The number of carbonyl (C=O) groups excluding carboxylic acids is 1. The Kier molecular flexibility index (Phi) is 5.55. The number of amides is 1. The van der Waals surface area contributed by atoms with E-state index in [1.165, 1.54) is 5.56 Å². The van der Waals surface area contributed by atoms with Gasteiger partial charge in [-0.25, -0.2) is 0 Å². The maximum atomic E-state index is 12.4. The average molecular weight is 263 g/mol. The molecule has 1 atom stereocenters. The summed E-state index contributed by atoms with van der Waals surface area (Å²) in [6.45, 7) is 8.05. The zero-order valence-electron chi connectivity index (χ0n) is 12.4. The number of benzene rings is 1. The average Bonchev–Trinajstić information content (AvgIpc) is 2.36. The van der Waals surface area contributed by atoms with E-state index in [-0.39, 0.29) is 18.6 Å². The maximum absolute atomic E-state index is 12.4. The fourth-order valence-corrected chi connectivity index (χ4v) is 1.98. The molecule has 0 heterocycles. The lowest BCUT2D eigenvalue weighted by Gasteiger charge is -2.26. The molecule has 3 nitrogen and oxygen atoms in total. The second kappa shape index (κ2) is 6.71. The summed E-state index contributed by atoms with van der Waals surface area (Å²) >= 11 is 0. The number of nitrogens with one attached hydrogen (secondary N) is 1. The highest BCUT2D eigenvalue weighted by Crippen LogP contribution is 2.24. The first kappa shape index (κ1) is 15.7. The number of aryl methyl sites for hydroxylation is 1. The van der Waals surface area contributed by atoms with Gasteiger partial charge in [0.05, 0.1) is 5.41 Å². The van der Waals surface area contributed by atoms with E-state index in [2.05, 4.69) is 5.32 Å². The highest BCUT2D eigenvalue weighted by Gasteiger charge is 2.30. The second-order valence-electron chi connectivity index (χ2n) is 5.73. The van der Waals surface area contributed by atoms with Crippen molar-refractivity contribution in [2.45, 2.75) is 52.0 Å². The van der Waals surface area contributed by atoms with Gasteiger partial charge in [-0.2, -0.15) is 0 Å². The van der Waals surface area contributed by atoms with E-state index in [0.29, 0.717) is 6.42 Å². The van der Waals surface area contributed by atoms with Crippen LogP contribution >= 0.6 is 0 Å². The van der Waals surface area contributed by atoms with Crippen molar-refractivity contribution in [3.8, 4) is 0 Å². The van der Waals surface area contributed by atoms with Crippen LogP contribution in [0, 0.1) is 6.92 Å². The van der Waals surface area contributed by atoms with Gasteiger partial charge in [0.15, 0.2) is 0 Å². The molecule has 1 unspecified atom stereocenters. The van der Waals surface area contributed by atoms with Gasteiger partial charge >= 0.3 is 0 Å². The van der Waals surface area contributed by atoms with Crippen LogP contribution in [0.2, 0.25) is 0 Å². The molecule has 1 rings (SSSR count). The third-order valence-corrected chi connectivity index (χ3v) is 3.51. The zero-order chi connectivity index (χ0) is 14.5. The van der Waals surface area contributed by atoms with Gasteiger partial charge < -0.3 is 10.4 Å². The summed E-state index contributed by atoms with van der Waals surface area (Å²) in [7, 11) is 0. The summed E-state index contributed by atoms with van der Waals surface area (Å²) in [5.74, 6) is 0.0294. The van der Waals surface area contributed by atoms with Crippen LogP contribution in [0.1, 0.15) is 44.7 Å². The molecule has 3 heteroatoms. The zero-order valence-corrected chi connectivity index (χ0v) is 12.4. The van der Waals surface area contributed by atoms with Crippen molar-refractivity contribution in [3.05, 3.63) is 35.4 Å². The molecule has 19 heavy (non-hydrogen) atoms. The van der Waals surface area contributed by atoms with Crippen LogP contribution < -0.4 is 5.32 Å². The molecule has 0 saturated heterocycles. The minimum Gasteiger partial charge on any atom is -0.396 e.